The molecule has 8 heteroatoms. The minimum absolute atomic E-state index is 0.0107. The number of benzene rings is 2. The molecule has 4 rings (SSSR count). The molecule has 0 unspecified atom stereocenters. The predicted octanol–water partition coefficient (Wildman–Crippen LogP) is 4.25. The lowest BCUT2D eigenvalue weighted by Gasteiger charge is -2.12. The lowest BCUT2D eigenvalue weighted by atomic mass is 10.1. The molecule has 8 nitrogen and oxygen atoms in total. The molecule has 0 atom stereocenters. The number of rotatable bonds is 7. The summed E-state index contributed by atoms with van der Waals surface area (Å²) in [6.07, 6.45) is 4.57. The summed E-state index contributed by atoms with van der Waals surface area (Å²) >= 11 is 0. The average molecular weight is 443 g/mol. The lowest BCUT2D eigenvalue weighted by molar-refractivity contribution is -0.113. The number of ether oxygens (including phenoxy) is 2. The van der Waals surface area contributed by atoms with Gasteiger partial charge in [0.15, 0.2) is 17.3 Å². The number of pyridine rings is 1. The van der Waals surface area contributed by atoms with Crippen molar-refractivity contribution in [1.29, 1.82) is 0 Å². The SMILES string of the molecule is COc1ccc(C=C(NC(=O)c2ccco2)C(=O)Nc2cccc3cccnc23)cc1OC. The molecule has 0 aliphatic heterocycles. The summed E-state index contributed by atoms with van der Waals surface area (Å²) in [5, 5.41) is 6.34. The average Bonchev–Trinajstić information content (AvgIpc) is 3.39. The van der Waals surface area contributed by atoms with E-state index in [9.17, 15) is 9.59 Å². The number of carbonyl (C=O) groups excluding carboxylic acids is 2. The highest BCUT2D eigenvalue weighted by Crippen LogP contribution is 2.28. The number of aromatic nitrogens is 1. The molecule has 2 aromatic carbocycles. The maximum atomic E-state index is 13.2. The fraction of sp³-hybridized carbons (Fsp3) is 0.0800. The zero-order valence-corrected chi connectivity index (χ0v) is 18.0. The normalized spacial score (nSPS) is 11.2. The Morgan fingerprint density at radius 2 is 1.79 bits per heavy atom. The van der Waals surface area contributed by atoms with Crippen LogP contribution in [0.3, 0.4) is 0 Å². The molecular weight excluding hydrogens is 422 g/mol. The van der Waals surface area contributed by atoms with Crippen LogP contribution in [0.2, 0.25) is 0 Å². The Bertz CT molecular complexity index is 1320. The Kier molecular flexibility index (Phi) is 6.36. The minimum atomic E-state index is -0.557. The van der Waals surface area contributed by atoms with Gasteiger partial charge in [0.1, 0.15) is 5.70 Å². The van der Waals surface area contributed by atoms with E-state index < -0.39 is 11.8 Å². The van der Waals surface area contributed by atoms with Crippen LogP contribution in [0.25, 0.3) is 17.0 Å². The topological polar surface area (TPSA) is 103 Å². The van der Waals surface area contributed by atoms with E-state index in [-0.39, 0.29) is 11.5 Å². The number of nitrogens with zero attached hydrogens (tertiary/aromatic N) is 1. The fourth-order valence-corrected chi connectivity index (χ4v) is 3.25. The summed E-state index contributed by atoms with van der Waals surface area (Å²) in [7, 11) is 3.05. The molecule has 0 saturated heterocycles. The maximum Gasteiger partial charge on any atom is 0.291 e. The van der Waals surface area contributed by atoms with Gasteiger partial charge in [0.25, 0.3) is 11.8 Å². The quantitative estimate of drug-likeness (QED) is 0.414. The van der Waals surface area contributed by atoms with Gasteiger partial charge in [0.2, 0.25) is 0 Å². The Hall–Kier alpha value is -4.59. The second-order valence-corrected chi connectivity index (χ2v) is 6.94. The van der Waals surface area contributed by atoms with Crippen molar-refractivity contribution in [2.45, 2.75) is 0 Å². The first-order chi connectivity index (χ1) is 16.1. The monoisotopic (exact) mass is 443 g/mol. The summed E-state index contributed by atoms with van der Waals surface area (Å²) < 4.78 is 15.8. The van der Waals surface area contributed by atoms with Gasteiger partial charge in [-0.15, -0.1) is 0 Å². The smallest absolute Gasteiger partial charge is 0.291 e. The summed E-state index contributed by atoms with van der Waals surface area (Å²) in [5.41, 5.74) is 1.78. The van der Waals surface area contributed by atoms with E-state index in [0.29, 0.717) is 28.3 Å². The third kappa shape index (κ3) is 4.85. The molecule has 0 spiro atoms. The first-order valence-electron chi connectivity index (χ1n) is 10.0. The Morgan fingerprint density at radius 3 is 2.55 bits per heavy atom. The van der Waals surface area contributed by atoms with Crippen molar-refractivity contribution in [2.75, 3.05) is 19.5 Å². The maximum absolute atomic E-state index is 13.2. The summed E-state index contributed by atoms with van der Waals surface area (Å²) in [5.74, 6) is 0.0253. The molecule has 166 valence electrons. The highest BCUT2D eigenvalue weighted by atomic mass is 16.5. The fourth-order valence-electron chi connectivity index (χ4n) is 3.25. The van der Waals surface area contributed by atoms with Gasteiger partial charge in [-0.2, -0.15) is 0 Å². The molecule has 2 heterocycles. The van der Waals surface area contributed by atoms with Crippen LogP contribution in [-0.4, -0.2) is 31.0 Å². The van der Waals surface area contributed by atoms with E-state index >= 15 is 0 Å². The highest BCUT2D eigenvalue weighted by molar-refractivity contribution is 6.12. The molecule has 0 radical (unpaired) electrons. The van der Waals surface area contributed by atoms with Crippen LogP contribution in [0.15, 0.2) is 83.2 Å². The number of nitrogens with one attached hydrogen (secondary N) is 2. The van der Waals surface area contributed by atoms with Crippen LogP contribution in [0, 0.1) is 0 Å². The molecule has 2 aromatic heterocycles. The molecule has 0 fully saturated rings. The van der Waals surface area contributed by atoms with Gasteiger partial charge >= 0.3 is 0 Å². The summed E-state index contributed by atoms with van der Waals surface area (Å²) in [4.78, 5) is 30.2. The van der Waals surface area contributed by atoms with E-state index in [1.807, 2.05) is 24.3 Å². The molecule has 4 aromatic rings. The van der Waals surface area contributed by atoms with E-state index in [1.165, 1.54) is 32.6 Å². The summed E-state index contributed by atoms with van der Waals surface area (Å²) in [6, 6.07) is 17.4. The van der Waals surface area contributed by atoms with Gasteiger partial charge in [0, 0.05) is 11.6 Å². The Balaban J connectivity index is 1.69. The molecule has 0 aliphatic carbocycles. The number of hydrogen-bond donors (Lipinski definition) is 2. The van der Waals surface area contributed by atoms with Crippen molar-refractivity contribution < 1.29 is 23.5 Å². The van der Waals surface area contributed by atoms with Gasteiger partial charge in [0.05, 0.1) is 31.7 Å². The van der Waals surface area contributed by atoms with E-state index in [2.05, 4.69) is 15.6 Å². The van der Waals surface area contributed by atoms with Crippen LogP contribution in [0.1, 0.15) is 16.1 Å². The molecule has 2 amide bonds. The molecule has 0 aliphatic rings. The standard InChI is InChI=1S/C25H21N3O5/c1-31-20-11-10-16(15-22(20)32-2)14-19(28-25(30)21-9-5-13-33-21)24(29)27-18-8-3-6-17-7-4-12-26-23(17)18/h3-15H,1-2H3,(H,27,29)(H,28,30). The third-order valence-electron chi connectivity index (χ3n) is 4.84. The molecular formula is C25H21N3O5. The highest BCUT2D eigenvalue weighted by Gasteiger charge is 2.18. The third-order valence-corrected chi connectivity index (χ3v) is 4.84. The minimum Gasteiger partial charge on any atom is -0.493 e. The van der Waals surface area contributed by atoms with Crippen molar-refractivity contribution in [3.8, 4) is 11.5 Å². The van der Waals surface area contributed by atoms with Crippen molar-refractivity contribution in [2.24, 2.45) is 0 Å². The van der Waals surface area contributed by atoms with Gasteiger partial charge in [-0.25, -0.2) is 0 Å². The number of para-hydroxylation sites is 1. The van der Waals surface area contributed by atoms with Gasteiger partial charge in [-0.05, 0) is 48.0 Å². The van der Waals surface area contributed by atoms with Crippen molar-refractivity contribution in [3.05, 3.63) is 90.1 Å². The van der Waals surface area contributed by atoms with E-state index in [0.717, 1.165) is 5.39 Å². The molecule has 0 saturated carbocycles. The van der Waals surface area contributed by atoms with Crippen molar-refractivity contribution in [3.63, 3.8) is 0 Å². The number of fused-ring (bicyclic) bond motifs is 1. The molecule has 0 bridgehead atoms. The number of amides is 2. The molecule has 33 heavy (non-hydrogen) atoms. The second-order valence-electron chi connectivity index (χ2n) is 6.94. The van der Waals surface area contributed by atoms with Crippen molar-refractivity contribution in [1.82, 2.24) is 10.3 Å². The van der Waals surface area contributed by atoms with Crippen LogP contribution in [-0.2, 0) is 4.79 Å². The number of furan rings is 1. The second kappa shape index (κ2) is 9.69. The zero-order chi connectivity index (χ0) is 23.2. The van der Waals surface area contributed by atoms with Crippen molar-refractivity contribution >= 4 is 34.5 Å². The first kappa shape index (κ1) is 21.6. The number of anilines is 1. The van der Waals surface area contributed by atoms with Crippen LogP contribution in [0.5, 0.6) is 11.5 Å². The number of methoxy groups -OCH3 is 2. The largest absolute Gasteiger partial charge is 0.493 e. The van der Waals surface area contributed by atoms with Crippen LogP contribution in [0.4, 0.5) is 5.69 Å². The van der Waals surface area contributed by atoms with E-state index in [1.54, 1.807) is 36.5 Å². The van der Waals surface area contributed by atoms with E-state index in [4.69, 9.17) is 13.9 Å². The van der Waals surface area contributed by atoms with Gasteiger partial charge in [-0.1, -0.05) is 24.3 Å². The summed E-state index contributed by atoms with van der Waals surface area (Å²) in [6.45, 7) is 0. The first-order valence-corrected chi connectivity index (χ1v) is 10.0. The number of carbonyl (C=O) groups is 2. The number of hydrogen-bond acceptors (Lipinski definition) is 6. The van der Waals surface area contributed by atoms with Crippen LogP contribution < -0.4 is 20.1 Å². The van der Waals surface area contributed by atoms with Gasteiger partial charge in [-0.3, -0.25) is 14.6 Å². The Morgan fingerprint density at radius 1 is 0.970 bits per heavy atom. The van der Waals surface area contributed by atoms with Crippen LogP contribution >= 0.6 is 0 Å². The predicted molar refractivity (Wildman–Crippen MR) is 124 cm³/mol. The Labute approximate surface area is 189 Å². The van der Waals surface area contributed by atoms with Gasteiger partial charge < -0.3 is 24.5 Å². The molecule has 2 N–H and O–H groups in total. The zero-order valence-electron chi connectivity index (χ0n) is 18.0. The lowest BCUT2D eigenvalue weighted by Crippen LogP contribution is -2.30.